The predicted octanol–water partition coefficient (Wildman–Crippen LogP) is 0.928. The molecule has 0 spiro atoms. The molecule has 78 valence electrons. The topological polar surface area (TPSA) is 53.4 Å². The smallest absolute Gasteiger partial charge is 0.0851 e. The standard InChI is InChI=1S/C11H17NO2/c1-3-9-4-5-10(12-7-9)6-11(14)8(2)13/h4-5,7-8,11,13-14H,3,6H2,1-2H3. The van der Waals surface area contributed by atoms with Crippen LogP contribution in [0.25, 0.3) is 0 Å². The highest BCUT2D eigenvalue weighted by atomic mass is 16.3. The molecule has 0 radical (unpaired) electrons. The Morgan fingerprint density at radius 3 is 2.50 bits per heavy atom. The molecule has 14 heavy (non-hydrogen) atoms. The molecule has 0 fully saturated rings. The van der Waals surface area contributed by atoms with E-state index in [1.54, 1.807) is 6.92 Å². The van der Waals surface area contributed by atoms with Crippen LogP contribution in [0.5, 0.6) is 0 Å². The first-order chi connectivity index (χ1) is 6.63. The molecular weight excluding hydrogens is 178 g/mol. The second-order valence-electron chi connectivity index (χ2n) is 3.52. The molecule has 0 saturated heterocycles. The second kappa shape index (κ2) is 5.08. The SMILES string of the molecule is CCc1ccc(CC(O)C(C)O)nc1. The molecule has 2 atom stereocenters. The molecule has 0 aliphatic carbocycles. The Balaban J connectivity index is 2.59. The van der Waals surface area contributed by atoms with Gasteiger partial charge in [0.1, 0.15) is 0 Å². The highest BCUT2D eigenvalue weighted by Crippen LogP contribution is 2.05. The lowest BCUT2D eigenvalue weighted by atomic mass is 10.1. The van der Waals surface area contributed by atoms with Crippen LogP contribution >= 0.6 is 0 Å². The van der Waals surface area contributed by atoms with Gasteiger partial charge in [0.25, 0.3) is 0 Å². The van der Waals surface area contributed by atoms with Crippen LogP contribution in [0.15, 0.2) is 18.3 Å². The van der Waals surface area contributed by atoms with E-state index in [0.717, 1.165) is 12.1 Å². The lowest BCUT2D eigenvalue weighted by Gasteiger charge is -2.12. The van der Waals surface area contributed by atoms with Gasteiger partial charge >= 0.3 is 0 Å². The summed E-state index contributed by atoms with van der Waals surface area (Å²) in [5, 5.41) is 18.5. The predicted molar refractivity (Wildman–Crippen MR) is 55.0 cm³/mol. The summed E-state index contributed by atoms with van der Waals surface area (Å²) in [6.07, 6.45) is 1.75. The number of nitrogens with zero attached hydrogens (tertiary/aromatic N) is 1. The lowest BCUT2D eigenvalue weighted by molar-refractivity contribution is 0.0314. The van der Waals surface area contributed by atoms with E-state index in [9.17, 15) is 5.11 Å². The molecule has 1 aromatic heterocycles. The van der Waals surface area contributed by atoms with Gasteiger partial charge < -0.3 is 10.2 Å². The molecular formula is C11H17NO2. The minimum atomic E-state index is -0.727. The average molecular weight is 195 g/mol. The maximum Gasteiger partial charge on any atom is 0.0851 e. The van der Waals surface area contributed by atoms with E-state index in [-0.39, 0.29) is 0 Å². The Hall–Kier alpha value is -0.930. The zero-order chi connectivity index (χ0) is 10.6. The first-order valence-electron chi connectivity index (χ1n) is 4.93. The van der Waals surface area contributed by atoms with Crippen molar-refractivity contribution in [2.75, 3.05) is 0 Å². The number of pyridine rings is 1. The highest BCUT2D eigenvalue weighted by molar-refractivity contribution is 5.14. The normalized spacial score (nSPS) is 15.1. The van der Waals surface area contributed by atoms with Gasteiger partial charge in [0.05, 0.1) is 12.2 Å². The third-order valence-electron chi connectivity index (χ3n) is 2.27. The third-order valence-corrected chi connectivity index (χ3v) is 2.27. The Morgan fingerprint density at radius 2 is 2.07 bits per heavy atom. The zero-order valence-electron chi connectivity index (χ0n) is 8.64. The van der Waals surface area contributed by atoms with Gasteiger partial charge in [0.15, 0.2) is 0 Å². The number of aromatic nitrogens is 1. The maximum absolute atomic E-state index is 9.42. The van der Waals surface area contributed by atoms with Crippen molar-refractivity contribution >= 4 is 0 Å². The van der Waals surface area contributed by atoms with Crippen LogP contribution in [0.4, 0.5) is 0 Å². The molecule has 1 heterocycles. The third kappa shape index (κ3) is 3.09. The summed E-state index contributed by atoms with van der Waals surface area (Å²) in [7, 11) is 0. The molecule has 3 nitrogen and oxygen atoms in total. The van der Waals surface area contributed by atoms with Crippen LogP contribution in [0, 0.1) is 0 Å². The minimum Gasteiger partial charge on any atom is -0.391 e. The molecule has 0 aliphatic heterocycles. The van der Waals surface area contributed by atoms with E-state index in [4.69, 9.17) is 5.11 Å². The monoisotopic (exact) mass is 195 g/mol. The summed E-state index contributed by atoms with van der Waals surface area (Å²) < 4.78 is 0. The van der Waals surface area contributed by atoms with E-state index < -0.39 is 12.2 Å². The maximum atomic E-state index is 9.42. The van der Waals surface area contributed by atoms with E-state index in [1.807, 2.05) is 18.3 Å². The van der Waals surface area contributed by atoms with Crippen LogP contribution < -0.4 is 0 Å². The van der Waals surface area contributed by atoms with Crippen LogP contribution in [0.3, 0.4) is 0 Å². The quantitative estimate of drug-likeness (QED) is 0.751. The van der Waals surface area contributed by atoms with E-state index in [0.29, 0.717) is 6.42 Å². The van der Waals surface area contributed by atoms with Crippen molar-refractivity contribution in [3.63, 3.8) is 0 Å². The number of aliphatic hydroxyl groups is 2. The second-order valence-corrected chi connectivity index (χ2v) is 3.52. The number of aryl methyl sites for hydroxylation is 1. The lowest BCUT2D eigenvalue weighted by Crippen LogP contribution is -2.25. The van der Waals surface area contributed by atoms with Gasteiger partial charge in [-0.05, 0) is 25.0 Å². The van der Waals surface area contributed by atoms with Crippen LogP contribution in [-0.4, -0.2) is 27.4 Å². The van der Waals surface area contributed by atoms with Gasteiger partial charge in [0.2, 0.25) is 0 Å². The molecule has 3 heteroatoms. The molecule has 0 aromatic carbocycles. The summed E-state index contributed by atoms with van der Waals surface area (Å²) in [6, 6.07) is 3.89. The molecule has 2 unspecified atom stereocenters. The molecule has 0 amide bonds. The van der Waals surface area contributed by atoms with Crippen molar-refractivity contribution in [1.82, 2.24) is 4.98 Å². The summed E-state index contributed by atoms with van der Waals surface area (Å²) in [6.45, 7) is 3.65. The number of rotatable bonds is 4. The van der Waals surface area contributed by atoms with E-state index in [1.165, 1.54) is 5.56 Å². The van der Waals surface area contributed by atoms with E-state index in [2.05, 4.69) is 11.9 Å². The van der Waals surface area contributed by atoms with Gasteiger partial charge in [0, 0.05) is 18.3 Å². The van der Waals surface area contributed by atoms with Gasteiger partial charge in [-0.2, -0.15) is 0 Å². The first kappa shape index (κ1) is 11.1. The molecule has 1 aromatic rings. The summed E-state index contributed by atoms with van der Waals surface area (Å²) >= 11 is 0. The summed E-state index contributed by atoms with van der Waals surface area (Å²) in [4.78, 5) is 4.20. The summed E-state index contributed by atoms with van der Waals surface area (Å²) in [5.41, 5.74) is 2.00. The zero-order valence-corrected chi connectivity index (χ0v) is 8.64. The van der Waals surface area contributed by atoms with Crippen molar-refractivity contribution < 1.29 is 10.2 Å². The van der Waals surface area contributed by atoms with Gasteiger partial charge in [-0.1, -0.05) is 13.0 Å². The van der Waals surface area contributed by atoms with Crippen molar-refractivity contribution in [2.24, 2.45) is 0 Å². The van der Waals surface area contributed by atoms with Crippen LogP contribution in [0.1, 0.15) is 25.1 Å². The molecule has 0 saturated carbocycles. The van der Waals surface area contributed by atoms with Crippen molar-refractivity contribution in [2.45, 2.75) is 38.9 Å². The molecule has 1 rings (SSSR count). The minimum absolute atomic E-state index is 0.404. The molecule has 2 N–H and O–H groups in total. The van der Waals surface area contributed by atoms with Crippen molar-refractivity contribution in [1.29, 1.82) is 0 Å². The fourth-order valence-corrected chi connectivity index (χ4v) is 1.17. The van der Waals surface area contributed by atoms with Gasteiger partial charge in [-0.15, -0.1) is 0 Å². The van der Waals surface area contributed by atoms with Crippen LogP contribution in [-0.2, 0) is 12.8 Å². The molecule has 0 bridgehead atoms. The highest BCUT2D eigenvalue weighted by Gasteiger charge is 2.11. The van der Waals surface area contributed by atoms with Crippen molar-refractivity contribution in [3.8, 4) is 0 Å². The van der Waals surface area contributed by atoms with Gasteiger partial charge in [-0.3, -0.25) is 4.98 Å². The Bertz CT molecular complexity index is 269. The number of aliphatic hydroxyl groups excluding tert-OH is 2. The molecule has 0 aliphatic rings. The Morgan fingerprint density at radius 1 is 1.36 bits per heavy atom. The first-order valence-corrected chi connectivity index (χ1v) is 4.93. The fraction of sp³-hybridized carbons (Fsp3) is 0.545. The Labute approximate surface area is 84.4 Å². The van der Waals surface area contributed by atoms with E-state index >= 15 is 0 Å². The summed E-state index contributed by atoms with van der Waals surface area (Å²) in [5.74, 6) is 0. The van der Waals surface area contributed by atoms with Gasteiger partial charge in [-0.25, -0.2) is 0 Å². The largest absolute Gasteiger partial charge is 0.391 e. The Kier molecular flexibility index (Phi) is 4.04. The average Bonchev–Trinajstić information content (AvgIpc) is 2.19. The van der Waals surface area contributed by atoms with Crippen LogP contribution in [0.2, 0.25) is 0 Å². The fourth-order valence-electron chi connectivity index (χ4n) is 1.17. The van der Waals surface area contributed by atoms with Crippen molar-refractivity contribution in [3.05, 3.63) is 29.6 Å². The number of hydrogen-bond acceptors (Lipinski definition) is 3. The number of hydrogen-bond donors (Lipinski definition) is 2.